The first-order valence-corrected chi connectivity index (χ1v) is 7.18. The number of hydrogen-bond acceptors (Lipinski definition) is 4. The quantitative estimate of drug-likeness (QED) is 0.803. The van der Waals surface area contributed by atoms with E-state index in [1.54, 1.807) is 17.9 Å². The molecule has 1 aromatic heterocycles. The summed E-state index contributed by atoms with van der Waals surface area (Å²) in [4.78, 5) is 4.11. The van der Waals surface area contributed by atoms with Crippen LogP contribution >= 0.6 is 27.5 Å². The van der Waals surface area contributed by atoms with E-state index in [0.29, 0.717) is 22.1 Å². The Balaban J connectivity index is 2.15. The summed E-state index contributed by atoms with van der Waals surface area (Å²) in [6.45, 7) is 2.37. The second-order valence-corrected chi connectivity index (χ2v) is 5.52. The number of nitrogens with zero attached hydrogens (tertiary/aromatic N) is 3. The summed E-state index contributed by atoms with van der Waals surface area (Å²) in [5.74, 6) is 0.413. The Morgan fingerprint density at radius 3 is 3.05 bits per heavy atom. The molecule has 1 aromatic rings. The van der Waals surface area contributed by atoms with E-state index in [1.165, 1.54) is 6.08 Å². The van der Waals surface area contributed by atoms with Crippen molar-refractivity contribution in [3.8, 4) is 6.01 Å². The van der Waals surface area contributed by atoms with Crippen molar-refractivity contribution < 1.29 is 13.9 Å². The van der Waals surface area contributed by atoms with Gasteiger partial charge in [-0.25, -0.2) is 9.07 Å². The minimum absolute atomic E-state index is 0.0521. The average Bonchev–Trinajstić information content (AvgIpc) is 2.67. The number of allylic oxidation sites excluding steroid dienone is 4. The number of alkyl halides is 1. The van der Waals surface area contributed by atoms with E-state index in [2.05, 4.69) is 26.0 Å². The number of hydrogen-bond donors (Lipinski definition) is 0. The fourth-order valence-corrected chi connectivity index (χ4v) is 2.29. The Labute approximate surface area is 129 Å². The number of methoxy groups -OCH3 is 1. The van der Waals surface area contributed by atoms with Crippen LogP contribution in [0.5, 0.6) is 6.01 Å². The lowest BCUT2D eigenvalue weighted by atomic mass is 10.1. The summed E-state index contributed by atoms with van der Waals surface area (Å²) in [6.07, 6.45) is 1.83. The molecule has 5 nitrogen and oxygen atoms in total. The van der Waals surface area contributed by atoms with Gasteiger partial charge in [-0.1, -0.05) is 11.6 Å². The number of halogens is 3. The molecule has 2 unspecified atom stereocenters. The zero-order valence-electron chi connectivity index (χ0n) is 11.0. The van der Waals surface area contributed by atoms with Crippen molar-refractivity contribution >= 4 is 27.5 Å². The second kappa shape index (κ2) is 6.69. The van der Waals surface area contributed by atoms with Gasteiger partial charge in [0.15, 0.2) is 0 Å². The molecule has 2 atom stereocenters. The van der Waals surface area contributed by atoms with Gasteiger partial charge in [0.05, 0.1) is 12.6 Å². The van der Waals surface area contributed by atoms with Crippen molar-refractivity contribution in [2.24, 2.45) is 0 Å². The number of aromatic nitrogens is 3. The summed E-state index contributed by atoms with van der Waals surface area (Å²) in [7, 11) is 1.61. The fraction of sp³-hybridized carbons (Fsp3) is 0.500. The average molecular weight is 367 g/mol. The highest BCUT2D eigenvalue weighted by atomic mass is 79.9. The smallest absolute Gasteiger partial charge is 0.321 e. The zero-order chi connectivity index (χ0) is 14.7. The topological polar surface area (TPSA) is 49.2 Å². The maximum absolute atomic E-state index is 13.4. The van der Waals surface area contributed by atoms with Gasteiger partial charge in [-0.2, -0.15) is 4.98 Å². The van der Waals surface area contributed by atoms with Gasteiger partial charge in [0, 0.05) is 18.6 Å². The minimum atomic E-state index is -1.15. The molecule has 0 saturated heterocycles. The Morgan fingerprint density at radius 1 is 1.65 bits per heavy atom. The first-order chi connectivity index (χ1) is 9.47. The van der Waals surface area contributed by atoms with Gasteiger partial charge in [-0.15, -0.1) is 5.10 Å². The molecule has 0 saturated carbocycles. The van der Waals surface area contributed by atoms with Gasteiger partial charge < -0.3 is 9.47 Å². The summed E-state index contributed by atoms with van der Waals surface area (Å²) in [6, 6.07) is 0.269. The Morgan fingerprint density at radius 2 is 2.40 bits per heavy atom. The van der Waals surface area contributed by atoms with E-state index in [9.17, 15) is 4.39 Å². The molecule has 1 aliphatic carbocycles. The normalized spacial score (nSPS) is 20.4. The number of rotatable bonds is 5. The molecule has 0 spiro atoms. The van der Waals surface area contributed by atoms with Crippen LogP contribution in [0.15, 0.2) is 27.7 Å². The largest absolute Gasteiger partial charge is 0.429 e. The number of ether oxygens (including phenoxy) is 2. The minimum Gasteiger partial charge on any atom is -0.429 e. The monoisotopic (exact) mass is 365 g/mol. The summed E-state index contributed by atoms with van der Waals surface area (Å²) in [5, 5.41) is 4.46. The van der Waals surface area contributed by atoms with Crippen LogP contribution in [-0.2, 0) is 11.3 Å². The van der Waals surface area contributed by atoms with E-state index >= 15 is 0 Å². The van der Waals surface area contributed by atoms with Crippen LogP contribution in [0.25, 0.3) is 0 Å². The third-order valence-corrected chi connectivity index (χ3v) is 3.27. The van der Waals surface area contributed by atoms with Crippen LogP contribution < -0.4 is 4.74 Å². The van der Waals surface area contributed by atoms with Crippen LogP contribution in [-0.4, -0.2) is 34.1 Å². The van der Waals surface area contributed by atoms with Crippen LogP contribution in [0.3, 0.4) is 0 Å². The van der Waals surface area contributed by atoms with Gasteiger partial charge in [-0.05, 0) is 35.0 Å². The van der Waals surface area contributed by atoms with Crippen molar-refractivity contribution in [1.29, 1.82) is 0 Å². The van der Waals surface area contributed by atoms with Crippen molar-refractivity contribution in [3.63, 3.8) is 0 Å². The fourth-order valence-electron chi connectivity index (χ4n) is 1.69. The molecule has 0 aliphatic heterocycles. The standard InChI is InChI=1S/C12H14BrClFN3O2/c1-7(19-2)6-18-12(16-11(13)17-18)20-10-4-8(14)3-9(15)5-10/h3-4,7,9H,5-6H2,1-2H3. The Hall–Kier alpha value is -0.920. The van der Waals surface area contributed by atoms with Gasteiger partial charge in [-0.3, -0.25) is 0 Å². The lowest BCUT2D eigenvalue weighted by Gasteiger charge is -2.15. The van der Waals surface area contributed by atoms with Crippen molar-refractivity contribution in [2.75, 3.05) is 7.11 Å². The highest BCUT2D eigenvalue weighted by molar-refractivity contribution is 9.10. The van der Waals surface area contributed by atoms with Gasteiger partial charge in [0.25, 0.3) is 0 Å². The molecule has 0 bridgehead atoms. The van der Waals surface area contributed by atoms with E-state index in [-0.39, 0.29) is 18.5 Å². The molecule has 8 heteroatoms. The molecule has 20 heavy (non-hydrogen) atoms. The molecule has 0 amide bonds. The van der Waals surface area contributed by atoms with Crippen molar-refractivity contribution in [2.45, 2.75) is 32.2 Å². The summed E-state index contributed by atoms with van der Waals surface area (Å²) in [5.41, 5.74) is 0. The molecular formula is C12H14BrClFN3O2. The highest BCUT2D eigenvalue weighted by Gasteiger charge is 2.19. The van der Waals surface area contributed by atoms with E-state index in [0.717, 1.165) is 0 Å². The molecule has 0 fully saturated rings. The molecule has 0 aromatic carbocycles. The van der Waals surface area contributed by atoms with Gasteiger partial charge >= 0.3 is 6.01 Å². The summed E-state index contributed by atoms with van der Waals surface area (Å²) >= 11 is 9.01. The molecule has 0 N–H and O–H groups in total. The molecule has 0 radical (unpaired) electrons. The lowest BCUT2D eigenvalue weighted by Crippen LogP contribution is -2.18. The summed E-state index contributed by atoms with van der Waals surface area (Å²) < 4.78 is 26.1. The third-order valence-electron chi connectivity index (χ3n) is 2.70. The third kappa shape index (κ3) is 4.04. The van der Waals surface area contributed by atoms with Crippen LogP contribution in [0.2, 0.25) is 0 Å². The van der Waals surface area contributed by atoms with E-state index < -0.39 is 6.17 Å². The van der Waals surface area contributed by atoms with Crippen molar-refractivity contribution in [3.05, 3.63) is 27.7 Å². The maximum Gasteiger partial charge on any atom is 0.321 e. The zero-order valence-corrected chi connectivity index (χ0v) is 13.4. The Kier molecular flexibility index (Phi) is 5.17. The van der Waals surface area contributed by atoms with Gasteiger partial charge in [0.1, 0.15) is 11.9 Å². The predicted octanol–water partition coefficient (Wildman–Crippen LogP) is 3.20. The molecule has 2 rings (SSSR count). The second-order valence-electron chi connectivity index (χ2n) is 4.38. The van der Waals surface area contributed by atoms with Crippen LogP contribution in [0.1, 0.15) is 13.3 Å². The molecule has 1 heterocycles. The van der Waals surface area contributed by atoms with Crippen LogP contribution in [0.4, 0.5) is 4.39 Å². The highest BCUT2D eigenvalue weighted by Crippen LogP contribution is 2.25. The maximum atomic E-state index is 13.4. The molecular weight excluding hydrogens is 353 g/mol. The van der Waals surface area contributed by atoms with E-state index in [4.69, 9.17) is 21.1 Å². The predicted molar refractivity (Wildman–Crippen MR) is 76.4 cm³/mol. The van der Waals surface area contributed by atoms with E-state index in [1.807, 2.05) is 6.92 Å². The Bertz CT molecular complexity index is 547. The first-order valence-electron chi connectivity index (χ1n) is 6.01. The SMILES string of the molecule is COC(C)Cn1nc(Br)nc1OC1=CC(Cl)=CC(F)C1. The van der Waals surface area contributed by atoms with Crippen molar-refractivity contribution in [1.82, 2.24) is 14.8 Å². The van der Waals surface area contributed by atoms with Crippen LogP contribution in [0, 0.1) is 0 Å². The lowest BCUT2D eigenvalue weighted by molar-refractivity contribution is 0.0966. The molecule has 1 aliphatic rings. The van der Waals surface area contributed by atoms with Gasteiger partial charge in [0.2, 0.25) is 4.73 Å². The first kappa shape index (κ1) is 15.5. The molecule has 110 valence electrons.